The largest absolute Gasteiger partial charge is 0.313 e. The molecule has 0 radical (unpaired) electrons. The average molecular weight is 222 g/mol. The van der Waals surface area contributed by atoms with E-state index in [1.54, 1.807) is 6.33 Å². The van der Waals surface area contributed by atoms with Crippen molar-refractivity contribution in [3.63, 3.8) is 0 Å². The van der Waals surface area contributed by atoms with Crippen LogP contribution in [0.15, 0.2) is 6.33 Å². The number of hydrogen-bond donors (Lipinski definition) is 1. The Labute approximate surface area is 97.5 Å². The van der Waals surface area contributed by atoms with Gasteiger partial charge in [-0.05, 0) is 31.7 Å². The molecule has 1 aromatic rings. The maximum atomic E-state index is 4.36. The molecule has 1 atom stereocenters. The van der Waals surface area contributed by atoms with E-state index in [1.165, 1.54) is 12.8 Å². The lowest BCUT2D eigenvalue weighted by Crippen LogP contribution is -2.38. The molecular formula is C12H22N4. The summed E-state index contributed by atoms with van der Waals surface area (Å²) in [6.45, 7) is 8.58. The average Bonchev–Trinajstić information content (AvgIpc) is 2.87. The van der Waals surface area contributed by atoms with Crippen molar-refractivity contribution in [2.45, 2.75) is 52.6 Å². The first-order chi connectivity index (χ1) is 7.69. The Morgan fingerprint density at radius 3 is 2.81 bits per heavy atom. The lowest BCUT2D eigenvalue weighted by atomic mass is 9.95. The fourth-order valence-corrected chi connectivity index (χ4v) is 2.25. The van der Waals surface area contributed by atoms with Crippen molar-refractivity contribution in [1.82, 2.24) is 20.1 Å². The van der Waals surface area contributed by atoms with Crippen LogP contribution in [0.4, 0.5) is 0 Å². The summed E-state index contributed by atoms with van der Waals surface area (Å²) >= 11 is 0. The molecule has 1 aliphatic carbocycles. The van der Waals surface area contributed by atoms with Gasteiger partial charge in [0.2, 0.25) is 0 Å². The fraction of sp³-hybridized carbons (Fsp3) is 0.833. The van der Waals surface area contributed by atoms with Gasteiger partial charge in [0.15, 0.2) is 0 Å². The zero-order valence-corrected chi connectivity index (χ0v) is 10.5. The lowest BCUT2D eigenvalue weighted by Gasteiger charge is -2.24. The van der Waals surface area contributed by atoms with E-state index in [4.69, 9.17) is 0 Å². The van der Waals surface area contributed by atoms with E-state index in [9.17, 15) is 0 Å². The van der Waals surface area contributed by atoms with Crippen LogP contribution >= 0.6 is 0 Å². The van der Waals surface area contributed by atoms with Gasteiger partial charge in [-0.15, -0.1) is 0 Å². The zero-order chi connectivity index (χ0) is 11.6. The molecule has 1 saturated carbocycles. The van der Waals surface area contributed by atoms with Gasteiger partial charge in [0.25, 0.3) is 0 Å². The summed E-state index contributed by atoms with van der Waals surface area (Å²) in [4.78, 5) is 4.36. The van der Waals surface area contributed by atoms with Crippen LogP contribution in [-0.2, 0) is 13.0 Å². The molecule has 1 fully saturated rings. The number of aromatic nitrogens is 3. The quantitative estimate of drug-likeness (QED) is 0.795. The second-order valence-corrected chi connectivity index (χ2v) is 4.96. The van der Waals surface area contributed by atoms with E-state index >= 15 is 0 Å². The van der Waals surface area contributed by atoms with E-state index in [2.05, 4.69) is 36.2 Å². The first kappa shape index (κ1) is 11.6. The highest BCUT2D eigenvalue weighted by Crippen LogP contribution is 2.48. The van der Waals surface area contributed by atoms with Crippen LogP contribution in [0.25, 0.3) is 0 Å². The van der Waals surface area contributed by atoms with E-state index in [0.29, 0.717) is 11.5 Å². The summed E-state index contributed by atoms with van der Waals surface area (Å²) in [5.74, 6) is 1.11. The molecule has 0 spiro atoms. The highest BCUT2D eigenvalue weighted by Gasteiger charge is 2.44. The van der Waals surface area contributed by atoms with Gasteiger partial charge in [0, 0.05) is 19.0 Å². The Bertz CT molecular complexity index is 341. The Kier molecular flexibility index (Phi) is 3.28. The van der Waals surface area contributed by atoms with Crippen LogP contribution in [0, 0.1) is 5.41 Å². The van der Waals surface area contributed by atoms with Crippen molar-refractivity contribution in [3.8, 4) is 0 Å². The summed E-state index contributed by atoms with van der Waals surface area (Å²) in [6.07, 6.45) is 5.34. The van der Waals surface area contributed by atoms with Crippen LogP contribution in [0.2, 0.25) is 0 Å². The first-order valence-electron chi connectivity index (χ1n) is 6.29. The Hall–Kier alpha value is -0.900. The smallest absolute Gasteiger partial charge is 0.138 e. The maximum absolute atomic E-state index is 4.36. The predicted octanol–water partition coefficient (Wildman–Crippen LogP) is 1.62. The van der Waals surface area contributed by atoms with Crippen LogP contribution in [0.5, 0.6) is 0 Å². The highest BCUT2D eigenvalue weighted by atomic mass is 15.3. The van der Waals surface area contributed by atoms with Crippen molar-refractivity contribution in [1.29, 1.82) is 0 Å². The monoisotopic (exact) mass is 222 g/mol. The second-order valence-electron chi connectivity index (χ2n) is 4.96. The SMILES string of the molecule is CCNC(Cc1ncnn1CC)C1(C)CC1. The van der Waals surface area contributed by atoms with Gasteiger partial charge in [0.1, 0.15) is 12.2 Å². The minimum atomic E-state index is 0.487. The third-order valence-corrected chi connectivity index (χ3v) is 3.71. The molecule has 4 heteroatoms. The molecule has 1 unspecified atom stereocenters. The molecule has 2 rings (SSSR count). The summed E-state index contributed by atoms with van der Waals surface area (Å²) in [5, 5.41) is 7.82. The molecule has 0 aliphatic heterocycles. The van der Waals surface area contributed by atoms with Gasteiger partial charge in [-0.2, -0.15) is 5.10 Å². The molecule has 1 aromatic heterocycles. The number of nitrogens with zero attached hydrogens (tertiary/aromatic N) is 3. The zero-order valence-electron chi connectivity index (χ0n) is 10.5. The minimum absolute atomic E-state index is 0.487. The third kappa shape index (κ3) is 2.26. The molecule has 0 amide bonds. The highest BCUT2D eigenvalue weighted by molar-refractivity contribution is 5.03. The van der Waals surface area contributed by atoms with E-state index < -0.39 is 0 Å². The Morgan fingerprint density at radius 1 is 1.50 bits per heavy atom. The molecule has 4 nitrogen and oxygen atoms in total. The molecule has 1 aliphatic rings. The summed E-state index contributed by atoms with van der Waals surface area (Å²) in [5.41, 5.74) is 0.487. The first-order valence-corrected chi connectivity index (χ1v) is 6.29. The van der Waals surface area contributed by atoms with Crippen molar-refractivity contribution in [3.05, 3.63) is 12.2 Å². The predicted molar refractivity (Wildman–Crippen MR) is 64.2 cm³/mol. The van der Waals surface area contributed by atoms with Gasteiger partial charge in [-0.25, -0.2) is 4.98 Å². The lowest BCUT2D eigenvalue weighted by molar-refractivity contribution is 0.350. The molecule has 0 bridgehead atoms. The number of aryl methyl sites for hydroxylation is 1. The van der Waals surface area contributed by atoms with Crippen molar-refractivity contribution < 1.29 is 0 Å². The van der Waals surface area contributed by atoms with Gasteiger partial charge in [0.05, 0.1) is 0 Å². The molecule has 0 aromatic carbocycles. The van der Waals surface area contributed by atoms with Crippen molar-refractivity contribution >= 4 is 0 Å². The van der Waals surface area contributed by atoms with E-state index in [1.807, 2.05) is 4.68 Å². The fourth-order valence-electron chi connectivity index (χ4n) is 2.25. The second kappa shape index (κ2) is 4.53. The molecule has 1 heterocycles. The van der Waals surface area contributed by atoms with Gasteiger partial charge >= 0.3 is 0 Å². The van der Waals surface area contributed by atoms with Crippen LogP contribution < -0.4 is 5.32 Å². The summed E-state index contributed by atoms with van der Waals surface area (Å²) in [6, 6.07) is 0.548. The minimum Gasteiger partial charge on any atom is -0.313 e. The van der Waals surface area contributed by atoms with Crippen molar-refractivity contribution in [2.75, 3.05) is 6.54 Å². The van der Waals surface area contributed by atoms with Crippen LogP contribution in [0.1, 0.15) is 39.4 Å². The normalized spacial score (nSPS) is 19.7. The van der Waals surface area contributed by atoms with E-state index in [-0.39, 0.29) is 0 Å². The maximum Gasteiger partial charge on any atom is 0.138 e. The van der Waals surface area contributed by atoms with Gasteiger partial charge in [-0.1, -0.05) is 13.8 Å². The molecular weight excluding hydrogens is 200 g/mol. The topological polar surface area (TPSA) is 42.7 Å². The molecule has 1 N–H and O–H groups in total. The standard InChI is InChI=1S/C12H22N4/c1-4-13-10(12(3)6-7-12)8-11-14-9-15-16(11)5-2/h9-10,13H,4-8H2,1-3H3. The van der Waals surface area contributed by atoms with Gasteiger partial charge < -0.3 is 5.32 Å². The van der Waals surface area contributed by atoms with Gasteiger partial charge in [-0.3, -0.25) is 4.68 Å². The van der Waals surface area contributed by atoms with E-state index in [0.717, 1.165) is 25.3 Å². The number of rotatable bonds is 6. The summed E-state index contributed by atoms with van der Waals surface area (Å²) < 4.78 is 2.00. The molecule has 0 saturated heterocycles. The summed E-state index contributed by atoms with van der Waals surface area (Å²) in [7, 11) is 0. The number of likely N-dealkylation sites (N-methyl/N-ethyl adjacent to an activating group) is 1. The van der Waals surface area contributed by atoms with Crippen LogP contribution in [-0.4, -0.2) is 27.4 Å². The third-order valence-electron chi connectivity index (χ3n) is 3.71. The Balaban J connectivity index is 2.05. The number of nitrogens with one attached hydrogen (secondary N) is 1. The number of hydrogen-bond acceptors (Lipinski definition) is 3. The van der Waals surface area contributed by atoms with Crippen LogP contribution in [0.3, 0.4) is 0 Å². The molecule has 90 valence electrons. The molecule has 16 heavy (non-hydrogen) atoms. The van der Waals surface area contributed by atoms with Crippen molar-refractivity contribution in [2.24, 2.45) is 5.41 Å². The Morgan fingerprint density at radius 2 is 2.25 bits per heavy atom.